The summed E-state index contributed by atoms with van der Waals surface area (Å²) in [4.78, 5) is 15.5. The number of hydrogen-bond donors (Lipinski definition) is 3. The molecule has 1 amide bonds. The van der Waals surface area contributed by atoms with Crippen LogP contribution >= 0.6 is 11.3 Å². The molecule has 0 radical (unpaired) electrons. The molecule has 1 saturated heterocycles. The van der Waals surface area contributed by atoms with Crippen LogP contribution in [0.5, 0.6) is 0 Å². The molecule has 1 aliphatic heterocycles. The first-order valence-corrected chi connectivity index (χ1v) is 13.4. The molecule has 4 nitrogen and oxygen atoms in total. The highest BCUT2D eigenvalue weighted by molar-refractivity contribution is 7.15. The van der Waals surface area contributed by atoms with Crippen molar-refractivity contribution in [2.75, 3.05) is 18.4 Å². The van der Waals surface area contributed by atoms with Gasteiger partial charge in [0.2, 0.25) is 0 Å². The van der Waals surface area contributed by atoms with E-state index in [1.165, 1.54) is 47.4 Å². The third-order valence-corrected chi connectivity index (χ3v) is 7.69. The van der Waals surface area contributed by atoms with Crippen LogP contribution in [-0.2, 0) is 0 Å². The lowest BCUT2D eigenvalue weighted by atomic mass is 10.0. The SMILES string of the molecule is C1CCCC1.Cc1ccc(-c2cccc(C(C)NC(=O)c3cc(NC4CNC4)ccc3C)c2)s1. The number of hydrogen-bond acceptors (Lipinski definition) is 4. The Balaban J connectivity index is 0.000000486. The minimum atomic E-state index is -0.0737. The summed E-state index contributed by atoms with van der Waals surface area (Å²) in [6, 6.07) is 19.1. The Labute approximate surface area is 208 Å². The first kappa shape index (κ1) is 24.5. The Morgan fingerprint density at radius 1 is 0.971 bits per heavy atom. The van der Waals surface area contributed by atoms with Gasteiger partial charge in [-0.1, -0.05) is 56.4 Å². The number of aryl methyl sites for hydroxylation is 2. The van der Waals surface area contributed by atoms with E-state index in [2.05, 4.69) is 59.3 Å². The van der Waals surface area contributed by atoms with Crippen LogP contribution in [0.15, 0.2) is 54.6 Å². The lowest BCUT2D eigenvalue weighted by Crippen LogP contribution is -2.51. The normalized spacial score (nSPS) is 16.2. The fraction of sp³-hybridized carbons (Fsp3) is 0.414. The minimum Gasteiger partial charge on any atom is -0.380 e. The van der Waals surface area contributed by atoms with Crippen LogP contribution in [0, 0.1) is 13.8 Å². The molecule has 3 aromatic rings. The number of rotatable bonds is 6. The van der Waals surface area contributed by atoms with Gasteiger partial charge < -0.3 is 16.0 Å². The van der Waals surface area contributed by atoms with Crippen LogP contribution in [0.3, 0.4) is 0 Å². The van der Waals surface area contributed by atoms with Crippen molar-refractivity contribution in [3.8, 4) is 10.4 Å². The average molecular weight is 476 g/mol. The van der Waals surface area contributed by atoms with E-state index in [0.29, 0.717) is 6.04 Å². The first-order chi connectivity index (χ1) is 16.5. The Hall–Kier alpha value is -2.63. The second-order valence-electron chi connectivity index (χ2n) is 9.53. The highest BCUT2D eigenvalue weighted by Crippen LogP contribution is 2.29. The number of carbonyl (C=O) groups is 1. The quantitative estimate of drug-likeness (QED) is 0.365. The maximum Gasteiger partial charge on any atom is 0.252 e. The van der Waals surface area contributed by atoms with Crippen molar-refractivity contribution >= 4 is 22.9 Å². The van der Waals surface area contributed by atoms with Gasteiger partial charge in [0, 0.05) is 34.1 Å². The van der Waals surface area contributed by atoms with Gasteiger partial charge in [0.15, 0.2) is 0 Å². The summed E-state index contributed by atoms with van der Waals surface area (Å²) in [6.07, 6.45) is 7.50. The molecule has 1 aromatic heterocycles. The average Bonchev–Trinajstić information content (AvgIpc) is 3.52. The summed E-state index contributed by atoms with van der Waals surface area (Å²) in [5.41, 5.74) is 5.00. The number of benzene rings is 2. The van der Waals surface area contributed by atoms with E-state index in [4.69, 9.17) is 0 Å². The van der Waals surface area contributed by atoms with Crippen molar-refractivity contribution in [3.05, 3.63) is 76.2 Å². The monoisotopic (exact) mass is 475 g/mol. The van der Waals surface area contributed by atoms with Gasteiger partial charge in [-0.3, -0.25) is 4.79 Å². The fourth-order valence-corrected chi connectivity index (χ4v) is 5.24. The molecule has 5 rings (SSSR count). The van der Waals surface area contributed by atoms with E-state index in [9.17, 15) is 4.79 Å². The van der Waals surface area contributed by atoms with E-state index in [1.807, 2.05) is 32.0 Å². The lowest BCUT2D eigenvalue weighted by Gasteiger charge is -2.29. The lowest BCUT2D eigenvalue weighted by molar-refractivity contribution is 0.0939. The third-order valence-electron chi connectivity index (χ3n) is 6.64. The molecule has 2 heterocycles. The molecule has 34 heavy (non-hydrogen) atoms. The van der Waals surface area contributed by atoms with Crippen molar-refractivity contribution in [2.45, 2.75) is 65.0 Å². The van der Waals surface area contributed by atoms with Crippen LogP contribution in [0.25, 0.3) is 10.4 Å². The van der Waals surface area contributed by atoms with Crippen molar-refractivity contribution < 1.29 is 4.79 Å². The molecule has 1 aliphatic carbocycles. The van der Waals surface area contributed by atoms with Crippen LogP contribution in [-0.4, -0.2) is 25.0 Å². The minimum absolute atomic E-state index is 0.0391. The zero-order valence-corrected chi connectivity index (χ0v) is 21.4. The van der Waals surface area contributed by atoms with Gasteiger partial charge in [-0.15, -0.1) is 11.3 Å². The van der Waals surface area contributed by atoms with Gasteiger partial charge in [-0.05, 0) is 67.8 Å². The topological polar surface area (TPSA) is 53.2 Å². The molecule has 0 spiro atoms. The standard InChI is InChI=1S/C24H27N3OS.C5H10/c1-15-7-9-20(27-21-13-25-14-21)12-22(15)24(28)26-17(3)18-5-4-6-19(11-18)23-10-8-16(2)29-23;1-2-4-5-3-1/h4-12,17,21,25,27H,13-14H2,1-3H3,(H,26,28);1-5H2. The van der Waals surface area contributed by atoms with Crippen LogP contribution in [0.1, 0.15) is 71.4 Å². The highest BCUT2D eigenvalue weighted by atomic mass is 32.1. The largest absolute Gasteiger partial charge is 0.380 e. The summed E-state index contributed by atoms with van der Waals surface area (Å²) < 4.78 is 0. The van der Waals surface area contributed by atoms with Crippen LogP contribution in [0.2, 0.25) is 0 Å². The maximum atomic E-state index is 13.0. The summed E-state index contributed by atoms with van der Waals surface area (Å²) >= 11 is 1.79. The van der Waals surface area contributed by atoms with Crippen LogP contribution in [0.4, 0.5) is 5.69 Å². The van der Waals surface area contributed by atoms with E-state index < -0.39 is 0 Å². The molecule has 1 unspecified atom stereocenters. The number of thiophene rings is 1. The fourth-order valence-electron chi connectivity index (χ4n) is 4.38. The summed E-state index contributed by atoms with van der Waals surface area (Å²) in [5.74, 6) is -0.0391. The number of amides is 1. The summed E-state index contributed by atoms with van der Waals surface area (Å²) in [7, 11) is 0. The first-order valence-electron chi connectivity index (χ1n) is 12.5. The van der Waals surface area contributed by atoms with Gasteiger partial charge in [-0.2, -0.15) is 0 Å². The smallest absolute Gasteiger partial charge is 0.252 e. The molecule has 2 aromatic carbocycles. The number of anilines is 1. The van der Waals surface area contributed by atoms with Gasteiger partial charge in [0.25, 0.3) is 5.91 Å². The Morgan fingerprint density at radius 2 is 1.71 bits per heavy atom. The van der Waals surface area contributed by atoms with Crippen molar-refractivity contribution in [3.63, 3.8) is 0 Å². The van der Waals surface area contributed by atoms with E-state index in [-0.39, 0.29) is 11.9 Å². The second kappa shape index (κ2) is 11.7. The Morgan fingerprint density at radius 3 is 2.32 bits per heavy atom. The van der Waals surface area contributed by atoms with Gasteiger partial charge in [-0.25, -0.2) is 0 Å². The maximum absolute atomic E-state index is 13.0. The Kier molecular flexibility index (Phi) is 8.41. The molecule has 5 heteroatoms. The van der Waals surface area contributed by atoms with Crippen LogP contribution < -0.4 is 16.0 Å². The zero-order chi connectivity index (χ0) is 23.9. The molecule has 180 valence electrons. The molecule has 2 aliphatic rings. The number of nitrogens with one attached hydrogen (secondary N) is 3. The molecule has 2 fully saturated rings. The zero-order valence-electron chi connectivity index (χ0n) is 20.6. The third kappa shape index (κ3) is 6.49. The Bertz CT molecular complexity index is 1090. The van der Waals surface area contributed by atoms with Crippen molar-refractivity contribution in [1.82, 2.24) is 10.6 Å². The summed E-state index contributed by atoms with van der Waals surface area (Å²) in [5, 5.41) is 9.89. The van der Waals surface area contributed by atoms with E-state index in [1.54, 1.807) is 11.3 Å². The number of carbonyl (C=O) groups excluding carboxylic acids is 1. The molecule has 3 N–H and O–H groups in total. The molecular formula is C29H37N3OS. The predicted molar refractivity (Wildman–Crippen MR) is 145 cm³/mol. The molecular weight excluding hydrogens is 438 g/mol. The van der Waals surface area contributed by atoms with E-state index >= 15 is 0 Å². The molecule has 0 bridgehead atoms. The molecule has 1 atom stereocenters. The molecule has 1 saturated carbocycles. The van der Waals surface area contributed by atoms with Crippen molar-refractivity contribution in [2.24, 2.45) is 0 Å². The second-order valence-corrected chi connectivity index (χ2v) is 10.8. The van der Waals surface area contributed by atoms with Gasteiger partial charge in [0.1, 0.15) is 0 Å². The predicted octanol–water partition coefficient (Wildman–Crippen LogP) is 6.86. The van der Waals surface area contributed by atoms with Gasteiger partial charge in [0.05, 0.1) is 12.1 Å². The highest BCUT2D eigenvalue weighted by Gasteiger charge is 2.18. The summed E-state index contributed by atoms with van der Waals surface area (Å²) in [6.45, 7) is 8.06. The van der Waals surface area contributed by atoms with Crippen molar-refractivity contribution in [1.29, 1.82) is 0 Å². The van der Waals surface area contributed by atoms with E-state index in [0.717, 1.165) is 35.5 Å². The van der Waals surface area contributed by atoms with Gasteiger partial charge >= 0.3 is 0 Å².